The van der Waals surface area contributed by atoms with E-state index in [1.54, 1.807) is 0 Å². The van der Waals surface area contributed by atoms with Crippen LogP contribution in [0.25, 0.3) is 0 Å². The molecule has 1 aromatic rings. The molecule has 1 N–H and O–H groups in total. The number of carbonyl (C=O) groups excluding carboxylic acids is 1. The maximum Gasteiger partial charge on any atom is 0.137 e. The zero-order valence-corrected chi connectivity index (χ0v) is 12.2. The van der Waals surface area contributed by atoms with Gasteiger partial charge in [0, 0.05) is 18.9 Å². The number of aryl methyl sites for hydroxylation is 2. The van der Waals surface area contributed by atoms with Crippen LogP contribution in [0.1, 0.15) is 48.8 Å². The summed E-state index contributed by atoms with van der Waals surface area (Å²) in [5.41, 5.74) is 3.67. The molecular weight excluding hydrogens is 234 g/mol. The zero-order chi connectivity index (χ0) is 13.7. The second-order valence-corrected chi connectivity index (χ2v) is 5.83. The predicted octanol–water partition coefficient (Wildman–Crippen LogP) is 3.34. The van der Waals surface area contributed by atoms with E-state index in [9.17, 15) is 4.79 Å². The molecule has 0 spiro atoms. The summed E-state index contributed by atoms with van der Waals surface area (Å²) in [4.78, 5) is 12.1. The quantitative estimate of drug-likeness (QED) is 0.878. The highest BCUT2D eigenvalue weighted by molar-refractivity contribution is 5.81. The predicted molar refractivity (Wildman–Crippen MR) is 79.5 cm³/mol. The third-order valence-corrected chi connectivity index (χ3v) is 4.08. The van der Waals surface area contributed by atoms with Gasteiger partial charge in [0.2, 0.25) is 0 Å². The number of Topliss-reactive ketones (excluding diaryl/α,β-unsaturated/α-hetero) is 1. The van der Waals surface area contributed by atoms with Gasteiger partial charge in [-0.1, -0.05) is 30.2 Å². The van der Waals surface area contributed by atoms with Gasteiger partial charge in [-0.25, -0.2) is 0 Å². The smallest absolute Gasteiger partial charge is 0.137 e. The van der Waals surface area contributed by atoms with Gasteiger partial charge in [0.25, 0.3) is 0 Å². The summed E-state index contributed by atoms with van der Waals surface area (Å²) in [6, 6.07) is 6.93. The third-order valence-electron chi connectivity index (χ3n) is 4.08. The first-order chi connectivity index (χ1) is 9.15. The van der Waals surface area contributed by atoms with E-state index in [1.807, 2.05) is 0 Å². The van der Waals surface area contributed by atoms with Crippen molar-refractivity contribution in [3.8, 4) is 0 Å². The minimum atomic E-state index is 0.376. The van der Waals surface area contributed by atoms with Crippen molar-refractivity contribution in [3.05, 3.63) is 34.9 Å². The van der Waals surface area contributed by atoms with Crippen molar-refractivity contribution in [2.24, 2.45) is 0 Å². The molecule has 0 amide bonds. The summed E-state index contributed by atoms with van der Waals surface area (Å²) in [6.45, 7) is 5.29. The molecule has 0 bridgehead atoms. The molecular formula is C17H25NO. The Kier molecular flexibility index (Phi) is 5.15. The van der Waals surface area contributed by atoms with Crippen molar-refractivity contribution >= 4 is 5.78 Å². The van der Waals surface area contributed by atoms with Crippen LogP contribution >= 0.6 is 0 Å². The van der Waals surface area contributed by atoms with Crippen molar-refractivity contribution < 1.29 is 4.79 Å². The zero-order valence-electron chi connectivity index (χ0n) is 12.2. The van der Waals surface area contributed by atoms with E-state index in [0.29, 0.717) is 24.7 Å². The molecule has 0 aromatic heterocycles. The minimum Gasteiger partial charge on any atom is -0.314 e. The van der Waals surface area contributed by atoms with Gasteiger partial charge >= 0.3 is 0 Å². The molecule has 0 aliphatic carbocycles. The molecule has 104 valence electrons. The van der Waals surface area contributed by atoms with E-state index in [1.165, 1.54) is 36.0 Å². The fourth-order valence-corrected chi connectivity index (χ4v) is 2.80. The highest BCUT2D eigenvalue weighted by atomic mass is 16.1. The highest BCUT2D eigenvalue weighted by Gasteiger charge is 2.14. The average molecular weight is 259 g/mol. The van der Waals surface area contributed by atoms with E-state index in [-0.39, 0.29) is 0 Å². The van der Waals surface area contributed by atoms with Gasteiger partial charge in [-0.2, -0.15) is 0 Å². The van der Waals surface area contributed by atoms with Gasteiger partial charge in [0.05, 0.1) is 0 Å². The molecule has 1 saturated heterocycles. The Morgan fingerprint density at radius 1 is 1.32 bits per heavy atom. The van der Waals surface area contributed by atoms with Crippen LogP contribution in [0.4, 0.5) is 0 Å². The van der Waals surface area contributed by atoms with Crippen molar-refractivity contribution in [2.75, 3.05) is 6.54 Å². The molecule has 2 rings (SSSR count). The maximum atomic E-state index is 12.1. The number of carbonyl (C=O) groups is 1. The van der Waals surface area contributed by atoms with E-state index in [4.69, 9.17) is 0 Å². The highest BCUT2D eigenvalue weighted by Crippen LogP contribution is 2.15. The van der Waals surface area contributed by atoms with Crippen LogP contribution in [0.2, 0.25) is 0 Å². The lowest BCUT2D eigenvalue weighted by molar-refractivity contribution is -0.118. The van der Waals surface area contributed by atoms with Gasteiger partial charge < -0.3 is 5.32 Å². The lowest BCUT2D eigenvalue weighted by Gasteiger charge is -2.23. The Morgan fingerprint density at radius 3 is 2.89 bits per heavy atom. The first-order valence-electron chi connectivity index (χ1n) is 7.46. The number of ketones is 1. The third kappa shape index (κ3) is 4.46. The van der Waals surface area contributed by atoms with E-state index < -0.39 is 0 Å². The van der Waals surface area contributed by atoms with Crippen LogP contribution in [0.15, 0.2) is 18.2 Å². The van der Waals surface area contributed by atoms with Gasteiger partial charge in [-0.05, 0) is 50.8 Å². The summed E-state index contributed by atoms with van der Waals surface area (Å²) in [6.07, 6.45) is 6.14. The lowest BCUT2D eigenvalue weighted by Crippen LogP contribution is -2.34. The first-order valence-corrected chi connectivity index (χ1v) is 7.46. The number of rotatable bonds is 5. The van der Waals surface area contributed by atoms with E-state index >= 15 is 0 Å². The van der Waals surface area contributed by atoms with Crippen LogP contribution < -0.4 is 5.32 Å². The molecule has 1 unspecified atom stereocenters. The Labute approximate surface area is 116 Å². The minimum absolute atomic E-state index is 0.376. The molecule has 2 heteroatoms. The Morgan fingerprint density at radius 2 is 2.16 bits per heavy atom. The van der Waals surface area contributed by atoms with Gasteiger partial charge in [0.15, 0.2) is 0 Å². The summed E-state index contributed by atoms with van der Waals surface area (Å²) in [5.74, 6) is 0.376. The summed E-state index contributed by atoms with van der Waals surface area (Å²) >= 11 is 0. The van der Waals surface area contributed by atoms with Gasteiger partial charge in [-0.3, -0.25) is 4.79 Å². The molecule has 0 radical (unpaired) electrons. The molecule has 1 aromatic carbocycles. The molecule has 19 heavy (non-hydrogen) atoms. The molecule has 0 saturated carbocycles. The van der Waals surface area contributed by atoms with Crippen LogP contribution in [-0.2, 0) is 11.2 Å². The van der Waals surface area contributed by atoms with Crippen LogP contribution in [-0.4, -0.2) is 18.4 Å². The summed E-state index contributed by atoms with van der Waals surface area (Å²) < 4.78 is 0. The molecule has 2 nitrogen and oxygen atoms in total. The normalized spacial score (nSPS) is 19.4. The van der Waals surface area contributed by atoms with Crippen molar-refractivity contribution in [2.45, 2.75) is 58.4 Å². The van der Waals surface area contributed by atoms with Crippen LogP contribution in [0.5, 0.6) is 0 Å². The second kappa shape index (κ2) is 6.85. The van der Waals surface area contributed by atoms with Crippen LogP contribution in [0, 0.1) is 13.8 Å². The molecule has 1 heterocycles. The lowest BCUT2D eigenvalue weighted by atomic mass is 9.95. The number of benzene rings is 1. The maximum absolute atomic E-state index is 12.1. The Balaban J connectivity index is 1.81. The fraction of sp³-hybridized carbons (Fsp3) is 0.588. The van der Waals surface area contributed by atoms with Gasteiger partial charge in [-0.15, -0.1) is 0 Å². The van der Waals surface area contributed by atoms with Crippen LogP contribution in [0.3, 0.4) is 0 Å². The van der Waals surface area contributed by atoms with Crippen molar-refractivity contribution in [1.29, 1.82) is 0 Å². The Bertz CT molecular complexity index is 433. The molecule has 1 atom stereocenters. The summed E-state index contributed by atoms with van der Waals surface area (Å²) in [7, 11) is 0. The SMILES string of the molecule is Cc1ccc(C)c(CC(=O)CCC2CCCCN2)c1. The fourth-order valence-electron chi connectivity index (χ4n) is 2.80. The monoisotopic (exact) mass is 259 g/mol. The number of piperidine rings is 1. The second-order valence-electron chi connectivity index (χ2n) is 5.83. The molecule has 1 aliphatic rings. The average Bonchev–Trinajstić information content (AvgIpc) is 2.42. The number of hydrogen-bond donors (Lipinski definition) is 1. The molecule has 1 aliphatic heterocycles. The van der Waals surface area contributed by atoms with Crippen molar-refractivity contribution in [3.63, 3.8) is 0 Å². The van der Waals surface area contributed by atoms with E-state index in [0.717, 1.165) is 13.0 Å². The standard InChI is InChI=1S/C17H25NO/c1-13-6-7-14(2)15(11-13)12-17(19)9-8-16-5-3-4-10-18-16/h6-7,11,16,18H,3-5,8-10,12H2,1-2H3. The Hall–Kier alpha value is -1.15. The van der Waals surface area contributed by atoms with Gasteiger partial charge in [0.1, 0.15) is 5.78 Å². The largest absolute Gasteiger partial charge is 0.314 e. The van der Waals surface area contributed by atoms with Crippen molar-refractivity contribution in [1.82, 2.24) is 5.32 Å². The van der Waals surface area contributed by atoms with E-state index in [2.05, 4.69) is 37.4 Å². The summed E-state index contributed by atoms with van der Waals surface area (Å²) in [5, 5.41) is 3.51. The number of nitrogens with one attached hydrogen (secondary N) is 1. The topological polar surface area (TPSA) is 29.1 Å². The number of hydrogen-bond acceptors (Lipinski definition) is 2. The first kappa shape index (κ1) is 14.3. The molecule has 1 fully saturated rings.